The normalized spacial score (nSPS) is 15.9. The predicted octanol–water partition coefficient (Wildman–Crippen LogP) is 4.64. The Bertz CT molecular complexity index is 576. The molecule has 19 heavy (non-hydrogen) atoms. The lowest BCUT2D eigenvalue weighted by Crippen LogP contribution is -2.08. The highest BCUT2D eigenvalue weighted by atomic mass is 79.9. The van der Waals surface area contributed by atoms with Crippen LogP contribution in [0.2, 0.25) is 0 Å². The SMILES string of the molecule is Fc1cc(Br)ccc1Nc1nccn1C1CCCC1. The van der Waals surface area contributed by atoms with Gasteiger partial charge in [-0.25, -0.2) is 9.37 Å². The lowest BCUT2D eigenvalue weighted by atomic mass is 10.2. The van der Waals surface area contributed by atoms with Crippen molar-refractivity contribution in [3.8, 4) is 0 Å². The monoisotopic (exact) mass is 323 g/mol. The van der Waals surface area contributed by atoms with Gasteiger partial charge in [-0.05, 0) is 31.0 Å². The summed E-state index contributed by atoms with van der Waals surface area (Å²) in [5.74, 6) is 0.434. The molecule has 1 heterocycles. The van der Waals surface area contributed by atoms with Gasteiger partial charge in [0.2, 0.25) is 5.95 Å². The average molecular weight is 324 g/mol. The maximum Gasteiger partial charge on any atom is 0.207 e. The van der Waals surface area contributed by atoms with Crippen LogP contribution in [0.15, 0.2) is 35.1 Å². The minimum atomic E-state index is -0.282. The van der Waals surface area contributed by atoms with Crippen LogP contribution in [0.3, 0.4) is 0 Å². The molecule has 3 rings (SSSR count). The van der Waals surface area contributed by atoms with Crippen LogP contribution >= 0.6 is 15.9 Å². The summed E-state index contributed by atoms with van der Waals surface area (Å²) >= 11 is 3.25. The highest BCUT2D eigenvalue weighted by Gasteiger charge is 2.19. The number of hydrogen-bond donors (Lipinski definition) is 1. The second-order valence-electron chi connectivity index (χ2n) is 4.85. The number of anilines is 2. The molecule has 0 radical (unpaired) electrons. The maximum atomic E-state index is 13.8. The van der Waals surface area contributed by atoms with Gasteiger partial charge in [-0.2, -0.15) is 0 Å². The fourth-order valence-corrected chi connectivity index (χ4v) is 2.93. The Morgan fingerprint density at radius 1 is 1.32 bits per heavy atom. The van der Waals surface area contributed by atoms with E-state index in [1.165, 1.54) is 31.7 Å². The van der Waals surface area contributed by atoms with Gasteiger partial charge in [0.15, 0.2) is 0 Å². The zero-order chi connectivity index (χ0) is 13.2. The van der Waals surface area contributed by atoms with E-state index in [2.05, 4.69) is 30.8 Å². The first-order valence-electron chi connectivity index (χ1n) is 6.49. The molecular weight excluding hydrogens is 309 g/mol. The minimum absolute atomic E-state index is 0.282. The minimum Gasteiger partial charge on any atom is -0.323 e. The number of aromatic nitrogens is 2. The van der Waals surface area contributed by atoms with Crippen LogP contribution in [0.1, 0.15) is 31.7 Å². The van der Waals surface area contributed by atoms with Gasteiger partial charge in [0.05, 0.1) is 5.69 Å². The van der Waals surface area contributed by atoms with Gasteiger partial charge in [0.25, 0.3) is 0 Å². The van der Waals surface area contributed by atoms with Gasteiger partial charge < -0.3 is 9.88 Å². The summed E-state index contributed by atoms with van der Waals surface area (Å²) in [6.45, 7) is 0. The Hall–Kier alpha value is -1.36. The van der Waals surface area contributed by atoms with E-state index in [1.807, 2.05) is 12.3 Å². The molecule has 0 spiro atoms. The third kappa shape index (κ3) is 2.66. The quantitative estimate of drug-likeness (QED) is 0.891. The molecule has 100 valence electrons. The van der Waals surface area contributed by atoms with E-state index < -0.39 is 0 Å². The second kappa shape index (κ2) is 5.33. The molecule has 1 fully saturated rings. The number of benzene rings is 1. The summed E-state index contributed by atoms with van der Waals surface area (Å²) in [5, 5.41) is 3.08. The van der Waals surface area contributed by atoms with Gasteiger partial charge in [-0.15, -0.1) is 0 Å². The molecule has 2 aromatic rings. The molecule has 0 saturated heterocycles. The van der Waals surface area contributed by atoms with Crippen LogP contribution in [-0.2, 0) is 0 Å². The van der Waals surface area contributed by atoms with Crippen LogP contribution in [0, 0.1) is 5.82 Å². The van der Waals surface area contributed by atoms with Crippen molar-refractivity contribution in [1.29, 1.82) is 0 Å². The third-order valence-corrected chi connectivity index (χ3v) is 4.06. The smallest absolute Gasteiger partial charge is 0.207 e. The van der Waals surface area contributed by atoms with Crippen LogP contribution in [-0.4, -0.2) is 9.55 Å². The summed E-state index contributed by atoms with van der Waals surface area (Å²) in [6.07, 6.45) is 8.60. The molecule has 5 heteroatoms. The van der Waals surface area contributed by atoms with Crippen LogP contribution in [0.25, 0.3) is 0 Å². The van der Waals surface area contributed by atoms with E-state index in [1.54, 1.807) is 12.3 Å². The predicted molar refractivity (Wildman–Crippen MR) is 77.1 cm³/mol. The van der Waals surface area contributed by atoms with Crippen molar-refractivity contribution in [2.45, 2.75) is 31.7 Å². The number of halogens is 2. The van der Waals surface area contributed by atoms with Crippen LogP contribution in [0.4, 0.5) is 16.0 Å². The first-order valence-corrected chi connectivity index (χ1v) is 7.28. The van der Waals surface area contributed by atoms with Crippen molar-refractivity contribution >= 4 is 27.6 Å². The fraction of sp³-hybridized carbons (Fsp3) is 0.357. The Kier molecular flexibility index (Phi) is 3.55. The summed E-state index contributed by atoms with van der Waals surface area (Å²) in [5.41, 5.74) is 0.452. The molecule has 1 aliphatic carbocycles. The topological polar surface area (TPSA) is 29.9 Å². The maximum absolute atomic E-state index is 13.8. The largest absolute Gasteiger partial charge is 0.323 e. The second-order valence-corrected chi connectivity index (χ2v) is 5.76. The molecule has 1 N–H and O–H groups in total. The zero-order valence-corrected chi connectivity index (χ0v) is 12.0. The molecular formula is C14H15BrFN3. The van der Waals surface area contributed by atoms with Gasteiger partial charge in [0.1, 0.15) is 5.82 Å². The number of nitrogens with one attached hydrogen (secondary N) is 1. The van der Waals surface area contributed by atoms with E-state index in [0.29, 0.717) is 17.7 Å². The number of hydrogen-bond acceptors (Lipinski definition) is 2. The average Bonchev–Trinajstić information content (AvgIpc) is 3.03. The zero-order valence-electron chi connectivity index (χ0n) is 10.4. The summed E-state index contributed by atoms with van der Waals surface area (Å²) in [6, 6.07) is 5.47. The van der Waals surface area contributed by atoms with E-state index in [-0.39, 0.29) is 5.82 Å². The molecule has 0 aliphatic heterocycles. The number of rotatable bonds is 3. The molecule has 3 nitrogen and oxygen atoms in total. The van der Waals surface area contributed by atoms with E-state index >= 15 is 0 Å². The van der Waals surface area contributed by atoms with Crippen molar-refractivity contribution in [2.75, 3.05) is 5.32 Å². The van der Waals surface area contributed by atoms with Crippen molar-refractivity contribution in [2.24, 2.45) is 0 Å². The van der Waals surface area contributed by atoms with E-state index in [0.717, 1.165) is 4.47 Å². The van der Waals surface area contributed by atoms with Crippen molar-refractivity contribution < 1.29 is 4.39 Å². The number of nitrogens with zero attached hydrogens (tertiary/aromatic N) is 2. The van der Waals surface area contributed by atoms with Gasteiger partial charge >= 0.3 is 0 Å². The van der Waals surface area contributed by atoms with Gasteiger partial charge in [-0.1, -0.05) is 28.8 Å². The lowest BCUT2D eigenvalue weighted by molar-refractivity contribution is 0.524. The highest BCUT2D eigenvalue weighted by Crippen LogP contribution is 2.32. The molecule has 1 saturated carbocycles. The summed E-state index contributed by atoms with van der Waals surface area (Å²) in [7, 11) is 0. The molecule has 0 unspecified atom stereocenters. The van der Waals surface area contributed by atoms with Crippen molar-refractivity contribution in [3.05, 3.63) is 40.9 Å². The van der Waals surface area contributed by atoms with Crippen molar-refractivity contribution in [3.63, 3.8) is 0 Å². The summed E-state index contributed by atoms with van der Waals surface area (Å²) in [4.78, 5) is 4.29. The Morgan fingerprint density at radius 2 is 2.11 bits per heavy atom. The Balaban J connectivity index is 1.85. The molecule has 1 aromatic carbocycles. The van der Waals surface area contributed by atoms with Crippen molar-refractivity contribution in [1.82, 2.24) is 9.55 Å². The first kappa shape index (κ1) is 12.7. The Morgan fingerprint density at radius 3 is 2.84 bits per heavy atom. The van der Waals surface area contributed by atoms with E-state index in [9.17, 15) is 4.39 Å². The molecule has 1 aromatic heterocycles. The lowest BCUT2D eigenvalue weighted by Gasteiger charge is -2.16. The van der Waals surface area contributed by atoms with Gasteiger partial charge in [-0.3, -0.25) is 0 Å². The van der Waals surface area contributed by atoms with Crippen LogP contribution in [0.5, 0.6) is 0 Å². The Labute approximate surface area is 120 Å². The molecule has 0 bridgehead atoms. The molecule has 1 aliphatic rings. The molecule has 0 atom stereocenters. The number of imidazole rings is 1. The fourth-order valence-electron chi connectivity index (χ4n) is 2.60. The van der Waals surface area contributed by atoms with Crippen LogP contribution < -0.4 is 5.32 Å². The third-order valence-electron chi connectivity index (χ3n) is 3.56. The van der Waals surface area contributed by atoms with Gasteiger partial charge in [0, 0.05) is 22.9 Å². The molecule has 0 amide bonds. The first-order chi connectivity index (χ1) is 9.24. The standard InChI is InChI=1S/C14H15BrFN3/c15-10-5-6-13(12(16)9-10)18-14-17-7-8-19(14)11-3-1-2-4-11/h5-9,11H,1-4H2,(H,17,18). The highest BCUT2D eigenvalue weighted by molar-refractivity contribution is 9.10. The van der Waals surface area contributed by atoms with E-state index in [4.69, 9.17) is 0 Å². The summed E-state index contributed by atoms with van der Waals surface area (Å²) < 4.78 is 16.7.